The van der Waals surface area contributed by atoms with Gasteiger partial charge in [-0.2, -0.15) is 0 Å². The van der Waals surface area contributed by atoms with Crippen molar-refractivity contribution in [2.75, 3.05) is 26.2 Å². The first-order valence-electron chi connectivity index (χ1n) is 6.35. The highest BCUT2D eigenvalue weighted by Gasteiger charge is 2.40. The van der Waals surface area contributed by atoms with Gasteiger partial charge in [0, 0.05) is 26.1 Å². The standard InChI is InChI=1S/C12H22N2O3/c1-8-5-13-6-10(8)11(15)14-7-12(16)3-4-17-9(12)2/h8-10,13,16H,3-7H2,1-2H3,(H,14,15)/t8-,9?,10-,12?/m1/s1. The molecule has 0 aromatic carbocycles. The lowest BCUT2D eigenvalue weighted by Gasteiger charge is -2.27. The van der Waals surface area contributed by atoms with Crippen LogP contribution in [0.15, 0.2) is 0 Å². The molecule has 98 valence electrons. The van der Waals surface area contributed by atoms with Crippen LogP contribution in [0.4, 0.5) is 0 Å². The maximum Gasteiger partial charge on any atom is 0.224 e. The normalized spacial score (nSPS) is 41.7. The smallest absolute Gasteiger partial charge is 0.224 e. The second-order valence-corrected chi connectivity index (χ2v) is 5.33. The average molecular weight is 242 g/mol. The second-order valence-electron chi connectivity index (χ2n) is 5.33. The minimum absolute atomic E-state index is 0.0243. The largest absolute Gasteiger partial charge is 0.385 e. The summed E-state index contributed by atoms with van der Waals surface area (Å²) in [5, 5.41) is 16.3. The summed E-state index contributed by atoms with van der Waals surface area (Å²) in [5.41, 5.74) is -0.898. The van der Waals surface area contributed by atoms with E-state index in [-0.39, 0.29) is 24.5 Å². The number of hydrogen-bond acceptors (Lipinski definition) is 4. The Morgan fingerprint density at radius 1 is 1.53 bits per heavy atom. The molecule has 1 amide bonds. The summed E-state index contributed by atoms with van der Waals surface area (Å²) in [5.74, 6) is 0.424. The fraction of sp³-hybridized carbons (Fsp3) is 0.917. The quantitative estimate of drug-likeness (QED) is 0.624. The highest BCUT2D eigenvalue weighted by Crippen LogP contribution is 2.25. The van der Waals surface area contributed by atoms with Crippen molar-refractivity contribution < 1.29 is 14.6 Å². The van der Waals surface area contributed by atoms with E-state index in [4.69, 9.17) is 4.74 Å². The molecule has 0 aromatic rings. The maximum atomic E-state index is 12.0. The van der Waals surface area contributed by atoms with Crippen molar-refractivity contribution in [3.8, 4) is 0 Å². The fourth-order valence-corrected chi connectivity index (χ4v) is 2.54. The third-order valence-corrected chi connectivity index (χ3v) is 4.08. The van der Waals surface area contributed by atoms with Crippen LogP contribution >= 0.6 is 0 Å². The molecule has 0 saturated carbocycles. The molecule has 17 heavy (non-hydrogen) atoms. The van der Waals surface area contributed by atoms with Crippen molar-refractivity contribution in [2.45, 2.75) is 32.0 Å². The summed E-state index contributed by atoms with van der Waals surface area (Å²) in [4.78, 5) is 12.0. The molecule has 2 rings (SSSR count). The molecule has 2 fully saturated rings. The molecule has 2 aliphatic rings. The molecule has 5 heteroatoms. The molecule has 2 heterocycles. The third-order valence-electron chi connectivity index (χ3n) is 4.08. The van der Waals surface area contributed by atoms with Crippen molar-refractivity contribution in [3.63, 3.8) is 0 Å². The molecule has 3 N–H and O–H groups in total. The van der Waals surface area contributed by atoms with Crippen LogP contribution in [0.5, 0.6) is 0 Å². The van der Waals surface area contributed by atoms with Gasteiger partial charge in [-0.05, 0) is 19.4 Å². The van der Waals surface area contributed by atoms with Gasteiger partial charge in [0.1, 0.15) is 5.60 Å². The molecule has 0 aliphatic carbocycles. The molecule has 2 aliphatic heterocycles. The van der Waals surface area contributed by atoms with Crippen LogP contribution in [0.3, 0.4) is 0 Å². The minimum atomic E-state index is -0.898. The van der Waals surface area contributed by atoms with Gasteiger partial charge in [0.05, 0.1) is 12.0 Å². The van der Waals surface area contributed by atoms with Crippen LogP contribution in [0.1, 0.15) is 20.3 Å². The fourth-order valence-electron chi connectivity index (χ4n) is 2.54. The summed E-state index contributed by atoms with van der Waals surface area (Å²) >= 11 is 0. The first-order chi connectivity index (χ1) is 8.03. The lowest BCUT2D eigenvalue weighted by Crippen LogP contribution is -2.49. The average Bonchev–Trinajstić information content (AvgIpc) is 2.84. The van der Waals surface area contributed by atoms with E-state index >= 15 is 0 Å². The van der Waals surface area contributed by atoms with Gasteiger partial charge in [-0.3, -0.25) is 4.79 Å². The zero-order valence-electron chi connectivity index (χ0n) is 10.5. The van der Waals surface area contributed by atoms with Gasteiger partial charge in [0.15, 0.2) is 0 Å². The van der Waals surface area contributed by atoms with Crippen LogP contribution < -0.4 is 10.6 Å². The Kier molecular flexibility index (Phi) is 3.70. The lowest BCUT2D eigenvalue weighted by molar-refractivity contribution is -0.127. The van der Waals surface area contributed by atoms with E-state index in [1.165, 1.54) is 0 Å². The molecule has 2 saturated heterocycles. The molecule has 0 aromatic heterocycles. The van der Waals surface area contributed by atoms with Crippen LogP contribution in [0.25, 0.3) is 0 Å². The van der Waals surface area contributed by atoms with Gasteiger partial charge in [0.2, 0.25) is 5.91 Å². The van der Waals surface area contributed by atoms with E-state index < -0.39 is 5.60 Å². The summed E-state index contributed by atoms with van der Waals surface area (Å²) in [6.07, 6.45) is 0.384. The Morgan fingerprint density at radius 3 is 2.82 bits per heavy atom. The Labute approximate surface area is 102 Å². The SMILES string of the molecule is CC1OCCC1(O)CNC(=O)[C@@H]1CNC[C@H]1C. The molecular formula is C12H22N2O3. The van der Waals surface area contributed by atoms with Gasteiger partial charge in [-0.25, -0.2) is 0 Å². The summed E-state index contributed by atoms with van der Waals surface area (Å²) in [6, 6.07) is 0. The van der Waals surface area contributed by atoms with Gasteiger partial charge in [-0.1, -0.05) is 6.92 Å². The Balaban J connectivity index is 1.83. The van der Waals surface area contributed by atoms with Crippen molar-refractivity contribution >= 4 is 5.91 Å². The molecule has 4 atom stereocenters. The summed E-state index contributed by atoms with van der Waals surface area (Å²) in [7, 11) is 0. The number of hydrogen-bond donors (Lipinski definition) is 3. The second kappa shape index (κ2) is 4.92. The zero-order chi connectivity index (χ0) is 12.5. The van der Waals surface area contributed by atoms with Gasteiger partial charge < -0.3 is 20.5 Å². The molecule has 5 nitrogen and oxygen atoms in total. The number of carbonyl (C=O) groups is 1. The van der Waals surface area contributed by atoms with Crippen molar-refractivity contribution in [3.05, 3.63) is 0 Å². The van der Waals surface area contributed by atoms with Crippen LogP contribution in [0.2, 0.25) is 0 Å². The van der Waals surface area contributed by atoms with Gasteiger partial charge in [-0.15, -0.1) is 0 Å². The zero-order valence-corrected chi connectivity index (χ0v) is 10.5. The Bertz CT molecular complexity index is 297. The molecule has 0 radical (unpaired) electrons. The van der Waals surface area contributed by atoms with Gasteiger partial charge >= 0.3 is 0 Å². The van der Waals surface area contributed by atoms with E-state index in [0.717, 1.165) is 13.1 Å². The minimum Gasteiger partial charge on any atom is -0.385 e. The highest BCUT2D eigenvalue weighted by atomic mass is 16.5. The third kappa shape index (κ3) is 2.61. The first-order valence-corrected chi connectivity index (χ1v) is 6.35. The van der Waals surface area contributed by atoms with E-state index in [9.17, 15) is 9.90 Å². The van der Waals surface area contributed by atoms with Gasteiger partial charge in [0.25, 0.3) is 0 Å². The number of nitrogens with one attached hydrogen (secondary N) is 2. The Morgan fingerprint density at radius 2 is 2.29 bits per heavy atom. The van der Waals surface area contributed by atoms with E-state index in [0.29, 0.717) is 18.9 Å². The molecular weight excluding hydrogens is 220 g/mol. The maximum absolute atomic E-state index is 12.0. The van der Waals surface area contributed by atoms with Crippen LogP contribution in [-0.2, 0) is 9.53 Å². The topological polar surface area (TPSA) is 70.6 Å². The highest BCUT2D eigenvalue weighted by molar-refractivity contribution is 5.79. The van der Waals surface area contributed by atoms with E-state index in [2.05, 4.69) is 17.6 Å². The monoisotopic (exact) mass is 242 g/mol. The van der Waals surface area contributed by atoms with Crippen LogP contribution in [-0.4, -0.2) is 49.0 Å². The summed E-state index contributed by atoms with van der Waals surface area (Å²) < 4.78 is 5.33. The number of rotatable bonds is 3. The molecule has 0 spiro atoms. The lowest BCUT2D eigenvalue weighted by atomic mass is 9.94. The number of amides is 1. The molecule has 0 bridgehead atoms. The molecule has 2 unspecified atom stereocenters. The van der Waals surface area contributed by atoms with Crippen molar-refractivity contribution in [2.24, 2.45) is 11.8 Å². The van der Waals surface area contributed by atoms with Crippen LogP contribution in [0, 0.1) is 11.8 Å². The van der Waals surface area contributed by atoms with E-state index in [1.54, 1.807) is 0 Å². The van der Waals surface area contributed by atoms with Crippen molar-refractivity contribution in [1.29, 1.82) is 0 Å². The number of aliphatic hydroxyl groups is 1. The number of ether oxygens (including phenoxy) is 1. The van der Waals surface area contributed by atoms with Crippen molar-refractivity contribution in [1.82, 2.24) is 10.6 Å². The predicted octanol–water partition coefficient (Wildman–Crippen LogP) is -0.502. The Hall–Kier alpha value is -0.650. The van der Waals surface area contributed by atoms with E-state index in [1.807, 2.05) is 6.92 Å². The number of carbonyl (C=O) groups excluding carboxylic acids is 1. The first kappa shape index (κ1) is 12.8. The summed E-state index contributed by atoms with van der Waals surface area (Å²) in [6.45, 7) is 6.39. The predicted molar refractivity (Wildman–Crippen MR) is 63.5 cm³/mol.